The molecule has 182 valence electrons. The number of carbonyl (C=O) groups excluding carboxylic acids is 1. The highest BCUT2D eigenvalue weighted by molar-refractivity contribution is 7.88. The number of likely N-dealkylation sites (N-methyl/N-ethyl adjacent to an activating group) is 1. The van der Waals surface area contributed by atoms with Crippen LogP contribution in [0, 0.1) is 0 Å². The summed E-state index contributed by atoms with van der Waals surface area (Å²) < 4.78 is 65.7. The number of amides is 1. The van der Waals surface area contributed by atoms with Crippen LogP contribution in [0.3, 0.4) is 0 Å². The SMILES string of the molecule is CN1C(=O)C(c2cccc(OS(=O)(=O)C(F)(F)F)c2)(c2cccc(C3=CCCC3)c2)N=C1N.Cl. The molecule has 0 bridgehead atoms. The molecule has 0 fully saturated rings. The summed E-state index contributed by atoms with van der Waals surface area (Å²) in [5.41, 5.74) is 1.21. The lowest BCUT2D eigenvalue weighted by Crippen LogP contribution is -2.41. The van der Waals surface area contributed by atoms with Gasteiger partial charge < -0.3 is 9.92 Å². The van der Waals surface area contributed by atoms with Crippen molar-refractivity contribution in [3.05, 3.63) is 71.3 Å². The third kappa shape index (κ3) is 4.25. The van der Waals surface area contributed by atoms with Gasteiger partial charge in [0.05, 0.1) is 0 Å². The van der Waals surface area contributed by atoms with Crippen LogP contribution in [0.5, 0.6) is 5.75 Å². The van der Waals surface area contributed by atoms with Gasteiger partial charge >= 0.3 is 15.6 Å². The summed E-state index contributed by atoms with van der Waals surface area (Å²) in [5.74, 6) is -1.22. The van der Waals surface area contributed by atoms with Crippen LogP contribution < -0.4 is 9.92 Å². The zero-order valence-corrected chi connectivity index (χ0v) is 19.5. The van der Waals surface area contributed by atoms with Gasteiger partial charge in [-0.3, -0.25) is 9.69 Å². The predicted molar refractivity (Wildman–Crippen MR) is 123 cm³/mol. The summed E-state index contributed by atoms with van der Waals surface area (Å²) in [6.07, 6.45) is 4.96. The molecule has 34 heavy (non-hydrogen) atoms. The Morgan fingerprint density at radius 1 is 1.12 bits per heavy atom. The van der Waals surface area contributed by atoms with E-state index in [1.54, 1.807) is 18.2 Å². The van der Waals surface area contributed by atoms with Gasteiger partial charge in [-0.25, -0.2) is 4.99 Å². The molecule has 2 aromatic rings. The van der Waals surface area contributed by atoms with Crippen molar-refractivity contribution < 1.29 is 30.6 Å². The van der Waals surface area contributed by atoms with Gasteiger partial charge in [-0.1, -0.05) is 36.4 Å². The van der Waals surface area contributed by atoms with Crippen LogP contribution in [0.15, 0.2) is 59.6 Å². The molecule has 7 nitrogen and oxygen atoms in total. The molecule has 1 aliphatic carbocycles. The highest BCUT2D eigenvalue weighted by Crippen LogP contribution is 2.42. The average molecular weight is 516 g/mol. The van der Waals surface area contributed by atoms with Crippen LogP contribution in [-0.2, 0) is 20.5 Å². The van der Waals surface area contributed by atoms with E-state index in [4.69, 9.17) is 5.73 Å². The van der Waals surface area contributed by atoms with Crippen molar-refractivity contribution >= 4 is 40.0 Å². The number of nitrogens with two attached hydrogens (primary N) is 1. The Morgan fingerprint density at radius 3 is 2.32 bits per heavy atom. The number of carbonyl (C=O) groups is 1. The first-order valence-corrected chi connectivity index (χ1v) is 11.4. The van der Waals surface area contributed by atoms with E-state index in [1.165, 1.54) is 19.2 Å². The minimum atomic E-state index is -5.89. The molecule has 2 aliphatic rings. The van der Waals surface area contributed by atoms with E-state index in [1.807, 2.05) is 6.07 Å². The van der Waals surface area contributed by atoms with Gasteiger partial charge in [0, 0.05) is 7.05 Å². The third-order valence-corrected chi connectivity index (χ3v) is 6.65. The molecule has 0 saturated carbocycles. The lowest BCUT2D eigenvalue weighted by atomic mass is 9.81. The first-order chi connectivity index (χ1) is 15.5. The maximum absolute atomic E-state index is 13.4. The lowest BCUT2D eigenvalue weighted by molar-refractivity contribution is -0.129. The number of halogens is 4. The number of hydrogen-bond acceptors (Lipinski definition) is 6. The molecule has 2 N–H and O–H groups in total. The first-order valence-electron chi connectivity index (χ1n) is 10.0. The van der Waals surface area contributed by atoms with Crippen molar-refractivity contribution in [3.63, 3.8) is 0 Å². The Balaban J connectivity index is 0.00000324. The quantitative estimate of drug-likeness (QED) is 0.480. The molecule has 0 aromatic heterocycles. The van der Waals surface area contributed by atoms with Crippen molar-refractivity contribution in [2.75, 3.05) is 7.05 Å². The summed E-state index contributed by atoms with van der Waals surface area (Å²) in [5, 5.41) is 0. The third-order valence-electron chi connectivity index (χ3n) is 5.67. The van der Waals surface area contributed by atoms with Gasteiger partial charge in [0.15, 0.2) is 11.5 Å². The van der Waals surface area contributed by atoms with E-state index >= 15 is 0 Å². The molecule has 1 atom stereocenters. The zero-order valence-electron chi connectivity index (χ0n) is 17.9. The van der Waals surface area contributed by atoms with Gasteiger partial charge in [0.1, 0.15) is 5.75 Å². The van der Waals surface area contributed by atoms with Crippen molar-refractivity contribution in [2.45, 2.75) is 30.3 Å². The van der Waals surface area contributed by atoms with Gasteiger partial charge in [-0.2, -0.15) is 21.6 Å². The minimum Gasteiger partial charge on any atom is -0.376 e. The number of rotatable bonds is 5. The summed E-state index contributed by atoms with van der Waals surface area (Å²) in [6, 6.07) is 12.0. The van der Waals surface area contributed by atoms with E-state index in [9.17, 15) is 26.4 Å². The van der Waals surface area contributed by atoms with Crippen molar-refractivity contribution in [1.29, 1.82) is 0 Å². The van der Waals surface area contributed by atoms with E-state index in [2.05, 4.69) is 15.3 Å². The molecule has 0 spiro atoms. The Morgan fingerprint density at radius 2 is 1.76 bits per heavy atom. The average Bonchev–Trinajstić information content (AvgIpc) is 3.37. The number of aliphatic imine (C=N–C) groups is 1. The number of alkyl halides is 3. The molecule has 1 aliphatic heterocycles. The van der Waals surface area contributed by atoms with Gasteiger partial charge in [0.25, 0.3) is 5.91 Å². The molecular weight excluding hydrogens is 495 g/mol. The van der Waals surface area contributed by atoms with Gasteiger partial charge in [0.2, 0.25) is 0 Å². The Hall–Kier alpha value is -3.05. The predicted octanol–water partition coefficient (Wildman–Crippen LogP) is 3.93. The van der Waals surface area contributed by atoms with Crippen LogP contribution in [-0.4, -0.2) is 37.7 Å². The zero-order chi connectivity index (χ0) is 24.0. The van der Waals surface area contributed by atoms with E-state index in [-0.39, 0.29) is 23.9 Å². The second-order valence-electron chi connectivity index (χ2n) is 7.76. The second kappa shape index (κ2) is 8.95. The van der Waals surface area contributed by atoms with E-state index < -0.39 is 32.8 Å². The fourth-order valence-electron chi connectivity index (χ4n) is 4.01. The summed E-state index contributed by atoms with van der Waals surface area (Å²) >= 11 is 0. The highest BCUT2D eigenvalue weighted by atomic mass is 35.5. The fourth-order valence-corrected chi connectivity index (χ4v) is 4.46. The second-order valence-corrected chi connectivity index (χ2v) is 9.30. The summed E-state index contributed by atoms with van der Waals surface area (Å²) in [7, 11) is -4.46. The molecule has 0 saturated heterocycles. The first kappa shape index (κ1) is 25.6. The summed E-state index contributed by atoms with van der Waals surface area (Å²) in [6.45, 7) is 0. The van der Waals surface area contributed by atoms with Crippen LogP contribution in [0.4, 0.5) is 13.2 Å². The molecular formula is C22H21ClF3N3O4S. The molecule has 4 rings (SSSR count). The maximum Gasteiger partial charge on any atom is 0.534 e. The van der Waals surface area contributed by atoms with E-state index in [0.29, 0.717) is 5.56 Å². The monoisotopic (exact) mass is 515 g/mol. The van der Waals surface area contributed by atoms with Crippen LogP contribution in [0.25, 0.3) is 5.57 Å². The lowest BCUT2D eigenvalue weighted by Gasteiger charge is -2.27. The molecule has 2 aromatic carbocycles. The number of hydrogen-bond donors (Lipinski definition) is 1. The Labute approximate surface area is 200 Å². The standard InChI is InChI=1S/C22H20F3N3O4S.ClH/c1-28-19(29)21(27-20(28)26,16-9-4-8-15(12-16)14-6-2-3-7-14)17-10-5-11-18(13-17)32-33(30,31)22(23,24)25;/h4-6,8-13H,2-3,7H2,1H3,(H2,26,27);1H. The van der Waals surface area contributed by atoms with Crippen molar-refractivity contribution in [1.82, 2.24) is 4.90 Å². The van der Waals surface area contributed by atoms with Crippen LogP contribution in [0.2, 0.25) is 0 Å². The number of nitrogens with zero attached hydrogens (tertiary/aromatic N) is 2. The highest BCUT2D eigenvalue weighted by Gasteiger charge is 2.51. The van der Waals surface area contributed by atoms with Crippen LogP contribution in [0.1, 0.15) is 36.0 Å². The molecule has 1 unspecified atom stereocenters. The largest absolute Gasteiger partial charge is 0.534 e. The molecule has 12 heteroatoms. The number of guanidine groups is 1. The van der Waals surface area contributed by atoms with Gasteiger partial charge in [-0.15, -0.1) is 12.4 Å². The normalized spacial score (nSPS) is 20.6. The Kier molecular flexibility index (Phi) is 6.73. The number of allylic oxidation sites excluding steroid dienone is 2. The minimum absolute atomic E-state index is 0. The molecule has 0 radical (unpaired) electrons. The topological polar surface area (TPSA) is 102 Å². The van der Waals surface area contributed by atoms with Crippen molar-refractivity contribution in [2.24, 2.45) is 10.7 Å². The van der Waals surface area contributed by atoms with Crippen molar-refractivity contribution in [3.8, 4) is 5.75 Å². The Bertz CT molecular complexity index is 1290. The molecule has 1 amide bonds. The van der Waals surface area contributed by atoms with E-state index in [0.717, 1.165) is 47.4 Å². The maximum atomic E-state index is 13.4. The van der Waals surface area contributed by atoms with Crippen LogP contribution >= 0.6 is 12.4 Å². The van der Waals surface area contributed by atoms with Gasteiger partial charge in [-0.05, 0) is 59.7 Å². The summed E-state index contributed by atoms with van der Waals surface area (Å²) in [4.78, 5) is 18.9. The smallest absolute Gasteiger partial charge is 0.376 e. The fraction of sp³-hybridized carbons (Fsp3) is 0.273. The number of benzene rings is 2. The molecule has 1 heterocycles.